The molecule has 0 aliphatic heterocycles. The van der Waals surface area contributed by atoms with Crippen LogP contribution in [-0.4, -0.2) is 25.0 Å². The van der Waals surface area contributed by atoms with E-state index in [1.807, 2.05) is 49.3 Å². The fourth-order valence-corrected chi connectivity index (χ4v) is 2.97. The van der Waals surface area contributed by atoms with Crippen LogP contribution in [0.5, 0.6) is 0 Å². The van der Waals surface area contributed by atoms with Gasteiger partial charge in [-0.25, -0.2) is 0 Å². The molecule has 2 aromatic carbocycles. The number of carbonyl (C=O) groups is 1. The Balaban J connectivity index is 1.93. The first kappa shape index (κ1) is 17.7. The normalized spacial score (nSPS) is 11.0. The number of nitrogens with zero attached hydrogens (tertiary/aromatic N) is 1. The lowest BCUT2D eigenvalue weighted by Gasteiger charge is -2.14. The molecule has 0 atom stereocenters. The van der Waals surface area contributed by atoms with Gasteiger partial charge in [0.25, 0.3) is 5.91 Å². The van der Waals surface area contributed by atoms with E-state index in [2.05, 4.69) is 24.1 Å². The first-order valence-corrected chi connectivity index (χ1v) is 8.61. The van der Waals surface area contributed by atoms with E-state index >= 15 is 0 Å². The lowest BCUT2D eigenvalue weighted by Crippen LogP contribution is -2.14. The minimum Gasteiger partial charge on any atom is -0.378 e. The van der Waals surface area contributed by atoms with Crippen molar-refractivity contribution in [1.82, 2.24) is 4.98 Å². The van der Waals surface area contributed by atoms with E-state index < -0.39 is 0 Å². The summed E-state index contributed by atoms with van der Waals surface area (Å²) >= 11 is 0. The Labute approximate surface area is 152 Å². The monoisotopic (exact) mass is 349 g/mol. The fraction of sp³-hybridized carbons (Fsp3) is 0.238. The Morgan fingerprint density at radius 1 is 1.08 bits per heavy atom. The maximum absolute atomic E-state index is 12.6. The van der Waals surface area contributed by atoms with E-state index in [0.29, 0.717) is 11.3 Å². The van der Waals surface area contributed by atoms with Crippen LogP contribution in [0.15, 0.2) is 53.3 Å². The molecule has 0 radical (unpaired) electrons. The quantitative estimate of drug-likeness (QED) is 0.749. The van der Waals surface area contributed by atoms with Crippen LogP contribution in [-0.2, 0) is 0 Å². The molecule has 5 nitrogen and oxygen atoms in total. The topological polar surface area (TPSA) is 65.2 Å². The number of aromatic amines is 1. The van der Waals surface area contributed by atoms with Crippen LogP contribution < -0.4 is 15.8 Å². The van der Waals surface area contributed by atoms with Gasteiger partial charge in [-0.2, -0.15) is 0 Å². The molecule has 5 heteroatoms. The van der Waals surface area contributed by atoms with E-state index in [4.69, 9.17) is 0 Å². The molecule has 134 valence electrons. The molecule has 1 heterocycles. The van der Waals surface area contributed by atoms with E-state index in [1.54, 1.807) is 18.2 Å². The summed E-state index contributed by atoms with van der Waals surface area (Å²) in [4.78, 5) is 29.3. The number of amides is 1. The number of anilines is 2. The summed E-state index contributed by atoms with van der Waals surface area (Å²) in [6, 6.07) is 14.7. The lowest BCUT2D eigenvalue weighted by atomic mass is 9.99. The highest BCUT2D eigenvalue weighted by Gasteiger charge is 2.11. The van der Waals surface area contributed by atoms with Gasteiger partial charge in [-0.3, -0.25) is 9.59 Å². The van der Waals surface area contributed by atoms with Crippen molar-refractivity contribution in [2.24, 2.45) is 0 Å². The van der Waals surface area contributed by atoms with Crippen LogP contribution in [0.25, 0.3) is 10.9 Å². The Morgan fingerprint density at radius 2 is 1.85 bits per heavy atom. The largest absolute Gasteiger partial charge is 0.378 e. The van der Waals surface area contributed by atoms with Crippen LogP contribution in [0.1, 0.15) is 35.7 Å². The van der Waals surface area contributed by atoms with Crippen LogP contribution >= 0.6 is 0 Å². The second-order valence-corrected chi connectivity index (χ2v) is 6.90. The predicted octanol–water partition coefficient (Wildman–Crippen LogP) is 3.97. The second-order valence-electron chi connectivity index (χ2n) is 6.90. The standard InChI is InChI=1S/C21H23N3O2/c1-13(2)18-12-20(25)23-19-11-15(8-9-17(18)19)22-21(26)14-6-5-7-16(10-14)24(3)4/h5-13H,1-4H3,(H,22,26)(H,23,25). The summed E-state index contributed by atoms with van der Waals surface area (Å²) in [5.41, 5.74) is 3.78. The van der Waals surface area contributed by atoms with Crippen LogP contribution in [0, 0.1) is 0 Å². The molecule has 1 amide bonds. The van der Waals surface area contributed by atoms with Gasteiger partial charge >= 0.3 is 0 Å². The van der Waals surface area contributed by atoms with Gasteiger partial charge in [0, 0.05) is 42.5 Å². The fourth-order valence-electron chi connectivity index (χ4n) is 2.97. The summed E-state index contributed by atoms with van der Waals surface area (Å²) in [5, 5.41) is 3.90. The van der Waals surface area contributed by atoms with Crippen molar-refractivity contribution in [3.8, 4) is 0 Å². The molecule has 3 aromatic rings. The van der Waals surface area contributed by atoms with E-state index in [-0.39, 0.29) is 17.4 Å². The van der Waals surface area contributed by atoms with Gasteiger partial charge in [0.05, 0.1) is 5.52 Å². The maximum atomic E-state index is 12.6. The third-order valence-corrected chi connectivity index (χ3v) is 4.38. The number of carbonyl (C=O) groups excluding carboxylic acids is 1. The average Bonchev–Trinajstić information content (AvgIpc) is 2.60. The summed E-state index contributed by atoms with van der Waals surface area (Å²) in [5.74, 6) is 0.0597. The van der Waals surface area contributed by atoms with Crippen molar-refractivity contribution < 1.29 is 4.79 Å². The number of hydrogen-bond donors (Lipinski definition) is 2. The summed E-state index contributed by atoms with van der Waals surface area (Å²) in [7, 11) is 3.87. The highest BCUT2D eigenvalue weighted by atomic mass is 16.1. The van der Waals surface area contributed by atoms with Crippen molar-refractivity contribution in [3.63, 3.8) is 0 Å². The molecule has 1 aromatic heterocycles. The van der Waals surface area contributed by atoms with E-state index in [1.165, 1.54) is 0 Å². The highest BCUT2D eigenvalue weighted by Crippen LogP contribution is 2.25. The second kappa shape index (κ2) is 7.04. The third kappa shape index (κ3) is 3.61. The van der Waals surface area contributed by atoms with Crippen molar-refractivity contribution in [1.29, 1.82) is 0 Å². The maximum Gasteiger partial charge on any atom is 0.255 e. The van der Waals surface area contributed by atoms with Crippen molar-refractivity contribution in [2.45, 2.75) is 19.8 Å². The van der Waals surface area contributed by atoms with Crippen molar-refractivity contribution in [3.05, 3.63) is 70.0 Å². The van der Waals surface area contributed by atoms with Crippen LogP contribution in [0.4, 0.5) is 11.4 Å². The molecule has 0 saturated carbocycles. The Bertz CT molecular complexity index is 1020. The molecule has 0 aliphatic carbocycles. The summed E-state index contributed by atoms with van der Waals surface area (Å²) in [6.45, 7) is 4.11. The van der Waals surface area contributed by atoms with Gasteiger partial charge < -0.3 is 15.2 Å². The number of fused-ring (bicyclic) bond motifs is 1. The Kier molecular flexibility index (Phi) is 4.80. The molecule has 0 spiro atoms. The SMILES string of the molecule is CC(C)c1cc(=O)[nH]c2cc(NC(=O)c3cccc(N(C)C)c3)ccc12. The number of rotatable bonds is 4. The predicted molar refractivity (Wildman–Crippen MR) is 107 cm³/mol. The average molecular weight is 349 g/mol. The van der Waals surface area contributed by atoms with Gasteiger partial charge in [0.1, 0.15) is 0 Å². The van der Waals surface area contributed by atoms with Gasteiger partial charge in [-0.05, 0) is 41.8 Å². The number of aromatic nitrogens is 1. The molecule has 3 rings (SSSR count). The van der Waals surface area contributed by atoms with Crippen LogP contribution in [0.2, 0.25) is 0 Å². The number of pyridine rings is 1. The molecule has 0 aliphatic rings. The molecule has 0 bridgehead atoms. The van der Waals surface area contributed by atoms with Gasteiger partial charge in [0.15, 0.2) is 0 Å². The van der Waals surface area contributed by atoms with E-state index in [0.717, 1.165) is 22.2 Å². The van der Waals surface area contributed by atoms with Crippen molar-refractivity contribution in [2.75, 3.05) is 24.3 Å². The van der Waals surface area contributed by atoms with E-state index in [9.17, 15) is 9.59 Å². The molecule has 0 fully saturated rings. The Morgan fingerprint density at radius 3 is 2.54 bits per heavy atom. The summed E-state index contributed by atoms with van der Waals surface area (Å²) < 4.78 is 0. The first-order valence-electron chi connectivity index (χ1n) is 8.61. The smallest absolute Gasteiger partial charge is 0.255 e. The third-order valence-electron chi connectivity index (χ3n) is 4.38. The zero-order valence-corrected chi connectivity index (χ0v) is 15.5. The van der Waals surface area contributed by atoms with Crippen molar-refractivity contribution >= 4 is 28.2 Å². The number of H-pyrrole nitrogens is 1. The highest BCUT2D eigenvalue weighted by molar-refractivity contribution is 6.05. The molecule has 0 saturated heterocycles. The molecule has 0 unspecified atom stereocenters. The summed E-state index contributed by atoms with van der Waals surface area (Å²) in [6.07, 6.45) is 0. The van der Waals surface area contributed by atoms with Gasteiger partial charge in [-0.1, -0.05) is 26.0 Å². The number of hydrogen-bond acceptors (Lipinski definition) is 3. The zero-order chi connectivity index (χ0) is 18.8. The molecule has 26 heavy (non-hydrogen) atoms. The molecule has 2 N–H and O–H groups in total. The van der Waals surface area contributed by atoms with Gasteiger partial charge in [-0.15, -0.1) is 0 Å². The zero-order valence-electron chi connectivity index (χ0n) is 15.5. The van der Waals surface area contributed by atoms with Gasteiger partial charge in [0.2, 0.25) is 5.56 Å². The minimum atomic E-state index is -0.185. The number of nitrogens with one attached hydrogen (secondary N) is 2. The lowest BCUT2D eigenvalue weighted by molar-refractivity contribution is 0.102. The van der Waals surface area contributed by atoms with Crippen LogP contribution in [0.3, 0.4) is 0 Å². The molecular formula is C21H23N3O2. The minimum absolute atomic E-state index is 0.136. The first-order chi connectivity index (χ1) is 12.3. The molecular weight excluding hydrogens is 326 g/mol. The Hall–Kier alpha value is -3.08. The number of benzene rings is 2.